The Labute approximate surface area is 157 Å². The average Bonchev–Trinajstić information content (AvgIpc) is 2.65. The van der Waals surface area contributed by atoms with E-state index in [4.69, 9.17) is 0 Å². The maximum Gasteiger partial charge on any atom is 0.221 e. The van der Waals surface area contributed by atoms with Crippen LogP contribution in [0.3, 0.4) is 0 Å². The van der Waals surface area contributed by atoms with Gasteiger partial charge in [0.1, 0.15) is 0 Å². The monoisotopic (exact) mass is 355 g/mol. The Hall–Kier alpha value is -1.35. The number of hydrogen-bond donors (Lipinski definition) is 2. The van der Waals surface area contributed by atoms with E-state index in [9.17, 15) is 9.90 Å². The second kappa shape index (κ2) is 6.99. The van der Waals surface area contributed by atoms with E-state index in [1.807, 2.05) is 0 Å². The Morgan fingerprint density at radius 1 is 1.08 bits per heavy atom. The maximum atomic E-state index is 13.0. The molecule has 1 amide bonds. The fourth-order valence-electron chi connectivity index (χ4n) is 6.61. The summed E-state index contributed by atoms with van der Waals surface area (Å²) in [5, 5.41) is 13.8. The number of carbonyl (C=O) groups is 1. The van der Waals surface area contributed by atoms with Gasteiger partial charge in [-0.3, -0.25) is 4.79 Å². The maximum absolute atomic E-state index is 13.0. The molecule has 0 saturated heterocycles. The van der Waals surface area contributed by atoms with E-state index in [1.165, 1.54) is 5.56 Å². The highest BCUT2D eigenvalue weighted by Crippen LogP contribution is 2.64. The van der Waals surface area contributed by atoms with Gasteiger partial charge in [-0.05, 0) is 67.8 Å². The van der Waals surface area contributed by atoms with E-state index in [0.717, 1.165) is 38.5 Å². The van der Waals surface area contributed by atoms with Crippen LogP contribution in [0.5, 0.6) is 0 Å². The zero-order chi connectivity index (χ0) is 18.3. The number of aliphatic hydroxyl groups excluding tert-OH is 1. The summed E-state index contributed by atoms with van der Waals surface area (Å²) >= 11 is 0. The number of benzene rings is 1. The van der Waals surface area contributed by atoms with Crippen LogP contribution in [0.15, 0.2) is 30.3 Å². The van der Waals surface area contributed by atoms with Gasteiger partial charge in [0.25, 0.3) is 0 Å². The van der Waals surface area contributed by atoms with Gasteiger partial charge in [0.05, 0.1) is 6.10 Å². The summed E-state index contributed by atoms with van der Waals surface area (Å²) < 4.78 is 0. The Morgan fingerprint density at radius 3 is 2.12 bits per heavy atom. The van der Waals surface area contributed by atoms with Crippen molar-refractivity contribution in [1.82, 2.24) is 5.32 Å². The summed E-state index contributed by atoms with van der Waals surface area (Å²) in [4.78, 5) is 13.0. The molecule has 3 nitrogen and oxygen atoms in total. The Morgan fingerprint density at radius 2 is 1.62 bits per heavy atom. The van der Waals surface area contributed by atoms with Gasteiger partial charge in [0.2, 0.25) is 5.91 Å². The van der Waals surface area contributed by atoms with Crippen LogP contribution in [-0.4, -0.2) is 23.2 Å². The average molecular weight is 356 g/mol. The molecule has 4 aliphatic rings. The van der Waals surface area contributed by atoms with Crippen LogP contribution in [0.1, 0.15) is 64.4 Å². The first-order valence-corrected chi connectivity index (χ1v) is 10.6. The quantitative estimate of drug-likeness (QED) is 0.809. The fraction of sp³-hybridized carbons (Fsp3) is 0.696. The van der Waals surface area contributed by atoms with Crippen molar-refractivity contribution >= 4 is 5.91 Å². The van der Waals surface area contributed by atoms with Crippen LogP contribution in [0, 0.1) is 23.7 Å². The smallest absolute Gasteiger partial charge is 0.221 e. The number of rotatable bonds is 6. The lowest BCUT2D eigenvalue weighted by Gasteiger charge is -2.63. The summed E-state index contributed by atoms with van der Waals surface area (Å²) in [6.45, 7) is 4.29. The predicted octanol–water partition coefficient (Wildman–Crippen LogP) is 4.05. The third-order valence-corrected chi connectivity index (χ3v) is 7.89. The van der Waals surface area contributed by atoms with Crippen molar-refractivity contribution in [2.24, 2.45) is 23.7 Å². The largest absolute Gasteiger partial charge is 0.393 e. The molecule has 4 aliphatic carbocycles. The normalized spacial score (nSPS) is 37.9. The SMILES string of the molecule is CCC(CC)NC(=O)CC1(c2ccccc2)C2CC3CC1CC(C2)C3O. The van der Waals surface area contributed by atoms with Gasteiger partial charge < -0.3 is 10.4 Å². The molecule has 142 valence electrons. The highest BCUT2D eigenvalue weighted by molar-refractivity contribution is 5.78. The molecule has 0 spiro atoms. The van der Waals surface area contributed by atoms with Gasteiger partial charge in [-0.15, -0.1) is 0 Å². The minimum atomic E-state index is -0.102. The summed E-state index contributed by atoms with van der Waals surface area (Å²) in [5.41, 5.74) is 1.31. The third-order valence-electron chi connectivity index (χ3n) is 7.89. The highest BCUT2D eigenvalue weighted by atomic mass is 16.3. The highest BCUT2D eigenvalue weighted by Gasteiger charge is 2.60. The van der Waals surface area contributed by atoms with Crippen LogP contribution in [0.2, 0.25) is 0 Å². The molecule has 0 aromatic heterocycles. The summed E-state index contributed by atoms with van der Waals surface area (Å²) in [6, 6.07) is 11.1. The van der Waals surface area contributed by atoms with Crippen LogP contribution >= 0.6 is 0 Å². The van der Waals surface area contributed by atoms with E-state index in [2.05, 4.69) is 49.5 Å². The lowest BCUT2D eigenvalue weighted by Crippen LogP contribution is -2.61. The van der Waals surface area contributed by atoms with Crippen molar-refractivity contribution in [3.8, 4) is 0 Å². The lowest BCUT2D eigenvalue weighted by atomic mass is 9.42. The Kier molecular flexibility index (Phi) is 4.85. The van der Waals surface area contributed by atoms with E-state index in [1.54, 1.807) is 0 Å². The zero-order valence-electron chi connectivity index (χ0n) is 16.2. The second-order valence-corrected chi connectivity index (χ2v) is 9.01. The third kappa shape index (κ3) is 2.79. The summed E-state index contributed by atoms with van der Waals surface area (Å²) in [7, 11) is 0. The fourth-order valence-corrected chi connectivity index (χ4v) is 6.61. The van der Waals surface area contributed by atoms with Crippen molar-refractivity contribution in [3.63, 3.8) is 0 Å². The Balaban J connectivity index is 1.66. The molecule has 1 aromatic carbocycles. The van der Waals surface area contributed by atoms with Crippen LogP contribution < -0.4 is 5.32 Å². The summed E-state index contributed by atoms with van der Waals surface area (Å²) in [6.07, 6.45) is 6.83. The molecule has 3 heteroatoms. The van der Waals surface area contributed by atoms with Gasteiger partial charge in [0, 0.05) is 17.9 Å². The number of nitrogens with one attached hydrogen (secondary N) is 1. The van der Waals surface area contributed by atoms with Crippen molar-refractivity contribution in [1.29, 1.82) is 0 Å². The topological polar surface area (TPSA) is 49.3 Å². The minimum Gasteiger partial charge on any atom is -0.393 e. The molecular weight excluding hydrogens is 322 g/mol. The molecule has 4 fully saturated rings. The number of hydrogen-bond acceptors (Lipinski definition) is 2. The zero-order valence-corrected chi connectivity index (χ0v) is 16.2. The molecular formula is C23H33NO2. The van der Waals surface area contributed by atoms with Crippen molar-refractivity contribution in [2.75, 3.05) is 0 Å². The lowest BCUT2D eigenvalue weighted by molar-refractivity contribution is -0.147. The number of aliphatic hydroxyl groups is 1. The molecule has 0 radical (unpaired) electrons. The van der Waals surface area contributed by atoms with Crippen molar-refractivity contribution in [3.05, 3.63) is 35.9 Å². The van der Waals surface area contributed by atoms with E-state index < -0.39 is 0 Å². The first-order valence-electron chi connectivity index (χ1n) is 10.6. The Bertz CT molecular complexity index is 607. The molecule has 26 heavy (non-hydrogen) atoms. The van der Waals surface area contributed by atoms with E-state index >= 15 is 0 Å². The summed E-state index contributed by atoms with van der Waals surface area (Å²) in [5.74, 6) is 2.19. The van der Waals surface area contributed by atoms with Crippen LogP contribution in [-0.2, 0) is 10.2 Å². The van der Waals surface area contributed by atoms with Crippen LogP contribution in [0.4, 0.5) is 0 Å². The molecule has 0 heterocycles. The number of amides is 1. The first kappa shape index (κ1) is 18.0. The van der Waals surface area contributed by atoms with Crippen LogP contribution in [0.25, 0.3) is 0 Å². The first-order chi connectivity index (χ1) is 12.6. The van der Waals surface area contributed by atoms with Gasteiger partial charge in [-0.1, -0.05) is 44.2 Å². The van der Waals surface area contributed by atoms with Gasteiger partial charge >= 0.3 is 0 Å². The molecule has 1 aromatic rings. The van der Waals surface area contributed by atoms with Gasteiger partial charge in [-0.25, -0.2) is 0 Å². The van der Waals surface area contributed by atoms with Crippen molar-refractivity contribution in [2.45, 2.75) is 76.4 Å². The molecule has 4 saturated carbocycles. The van der Waals surface area contributed by atoms with Gasteiger partial charge in [0.15, 0.2) is 0 Å². The van der Waals surface area contributed by atoms with Gasteiger partial charge in [-0.2, -0.15) is 0 Å². The predicted molar refractivity (Wildman–Crippen MR) is 104 cm³/mol. The molecule has 0 atom stereocenters. The number of carbonyl (C=O) groups excluding carboxylic acids is 1. The molecule has 4 bridgehead atoms. The standard InChI is InChI=1S/C23H33NO2/c1-3-20(4-2)24-21(25)14-23(17-8-6-5-7-9-17)18-10-15-11-19(23)13-16(12-18)22(15)26/h5-9,15-16,18-20,22,26H,3-4,10-14H2,1-2H3,(H,24,25). The van der Waals surface area contributed by atoms with E-state index in [0.29, 0.717) is 30.1 Å². The second-order valence-electron chi connectivity index (χ2n) is 9.01. The van der Waals surface area contributed by atoms with E-state index in [-0.39, 0.29) is 23.5 Å². The van der Waals surface area contributed by atoms with Crippen molar-refractivity contribution < 1.29 is 9.90 Å². The molecule has 2 N–H and O–H groups in total. The molecule has 5 rings (SSSR count). The minimum absolute atomic E-state index is 0.0372. The molecule has 0 aliphatic heterocycles. The molecule has 0 unspecified atom stereocenters.